The summed E-state index contributed by atoms with van der Waals surface area (Å²) in [6.07, 6.45) is 0. The second-order valence-electron chi connectivity index (χ2n) is 5.11. The number of carboxylic acid groups (broad SMARTS) is 1. The molecule has 0 aromatic heterocycles. The Labute approximate surface area is 131 Å². The third-order valence-electron chi connectivity index (χ3n) is 3.62. The number of halogens is 1. The van der Waals surface area contributed by atoms with Gasteiger partial charge in [0.25, 0.3) is 0 Å². The van der Waals surface area contributed by atoms with Gasteiger partial charge in [0, 0.05) is 18.8 Å². The van der Waals surface area contributed by atoms with E-state index in [4.69, 9.17) is 9.84 Å². The van der Waals surface area contributed by atoms with E-state index in [0.717, 1.165) is 4.47 Å². The van der Waals surface area contributed by atoms with Crippen LogP contribution in [0, 0.1) is 11.8 Å². The molecule has 1 saturated heterocycles. The van der Waals surface area contributed by atoms with Crippen molar-refractivity contribution in [3.05, 3.63) is 22.7 Å². The average Bonchev–Trinajstić information content (AvgIpc) is 2.81. The van der Waals surface area contributed by atoms with E-state index in [1.54, 1.807) is 25.3 Å². The number of ether oxygens (including phenoxy) is 1. The fourth-order valence-electron chi connectivity index (χ4n) is 2.40. The molecule has 1 aromatic carbocycles. The number of anilines is 1. The van der Waals surface area contributed by atoms with Crippen molar-refractivity contribution in [1.29, 1.82) is 0 Å². The number of carboxylic acids is 1. The molecular weight excluding hydrogens is 340 g/mol. The zero-order valence-electron chi connectivity index (χ0n) is 11.8. The first-order chi connectivity index (χ1) is 9.92. The van der Waals surface area contributed by atoms with E-state index in [2.05, 4.69) is 21.2 Å². The van der Waals surface area contributed by atoms with Crippen molar-refractivity contribution in [3.8, 4) is 5.75 Å². The molecule has 2 amide bonds. The molecule has 2 N–H and O–H groups in total. The number of nitrogens with zero attached hydrogens (tertiary/aromatic N) is 1. The molecule has 114 valence electrons. The number of carbonyl (C=O) groups excluding carboxylic acids is 1. The van der Waals surface area contributed by atoms with Gasteiger partial charge in [-0.15, -0.1) is 0 Å². The van der Waals surface area contributed by atoms with Crippen LogP contribution in [0.15, 0.2) is 22.7 Å². The van der Waals surface area contributed by atoms with Crippen LogP contribution in [-0.2, 0) is 4.79 Å². The first-order valence-corrected chi connectivity index (χ1v) is 7.34. The van der Waals surface area contributed by atoms with Gasteiger partial charge >= 0.3 is 12.0 Å². The van der Waals surface area contributed by atoms with Gasteiger partial charge in [-0.1, -0.05) is 6.92 Å². The van der Waals surface area contributed by atoms with Crippen molar-refractivity contribution in [2.45, 2.75) is 6.92 Å². The number of aliphatic carboxylic acids is 1. The predicted octanol–water partition coefficient (Wildman–Crippen LogP) is 2.64. The molecule has 6 nitrogen and oxygen atoms in total. The molecule has 1 aliphatic heterocycles. The highest BCUT2D eigenvalue weighted by Crippen LogP contribution is 2.28. The number of nitrogens with one attached hydrogen (secondary N) is 1. The Balaban J connectivity index is 2.02. The van der Waals surface area contributed by atoms with Gasteiger partial charge in [-0.05, 0) is 40.0 Å². The molecule has 2 rings (SSSR count). The molecule has 0 spiro atoms. The molecule has 0 saturated carbocycles. The molecule has 21 heavy (non-hydrogen) atoms. The fourth-order valence-corrected chi connectivity index (χ4v) is 2.94. The lowest BCUT2D eigenvalue weighted by Crippen LogP contribution is -2.33. The first kappa shape index (κ1) is 15.6. The quantitative estimate of drug-likeness (QED) is 0.872. The van der Waals surface area contributed by atoms with Crippen molar-refractivity contribution >= 4 is 33.6 Å². The smallest absolute Gasteiger partial charge is 0.321 e. The van der Waals surface area contributed by atoms with Gasteiger partial charge in [-0.25, -0.2) is 4.79 Å². The Kier molecular flexibility index (Phi) is 4.72. The zero-order valence-corrected chi connectivity index (χ0v) is 13.4. The molecule has 1 aromatic rings. The molecule has 2 unspecified atom stereocenters. The van der Waals surface area contributed by atoms with E-state index in [1.807, 2.05) is 6.92 Å². The van der Waals surface area contributed by atoms with Crippen molar-refractivity contribution < 1.29 is 19.4 Å². The van der Waals surface area contributed by atoms with Gasteiger partial charge < -0.3 is 20.1 Å². The molecule has 2 atom stereocenters. The highest BCUT2D eigenvalue weighted by molar-refractivity contribution is 9.10. The van der Waals surface area contributed by atoms with Crippen LogP contribution in [0.4, 0.5) is 10.5 Å². The van der Waals surface area contributed by atoms with E-state index in [0.29, 0.717) is 18.0 Å². The second-order valence-corrected chi connectivity index (χ2v) is 5.96. The minimum atomic E-state index is -0.856. The number of rotatable bonds is 3. The molecule has 0 aliphatic carbocycles. The van der Waals surface area contributed by atoms with Crippen molar-refractivity contribution in [1.82, 2.24) is 4.90 Å². The highest BCUT2D eigenvalue weighted by Gasteiger charge is 2.36. The van der Waals surface area contributed by atoms with Crippen molar-refractivity contribution in [3.63, 3.8) is 0 Å². The molecule has 1 fully saturated rings. The van der Waals surface area contributed by atoms with Crippen LogP contribution in [0.3, 0.4) is 0 Å². The largest absolute Gasteiger partial charge is 0.496 e. The van der Waals surface area contributed by atoms with Crippen LogP contribution >= 0.6 is 15.9 Å². The minimum Gasteiger partial charge on any atom is -0.496 e. The van der Waals surface area contributed by atoms with Crippen LogP contribution in [0.2, 0.25) is 0 Å². The monoisotopic (exact) mass is 356 g/mol. The molecule has 1 aliphatic rings. The molecule has 0 bridgehead atoms. The third kappa shape index (κ3) is 3.47. The van der Waals surface area contributed by atoms with Crippen LogP contribution in [0.5, 0.6) is 5.75 Å². The summed E-state index contributed by atoms with van der Waals surface area (Å²) in [5.74, 6) is -0.729. The number of benzene rings is 1. The standard InChI is InChI=1S/C14H17BrN2O4/c1-8-6-17(7-10(8)13(18)19)14(20)16-9-3-4-12(21-2)11(15)5-9/h3-5,8,10H,6-7H2,1-2H3,(H,16,20)(H,18,19). The summed E-state index contributed by atoms with van der Waals surface area (Å²) >= 11 is 3.35. The highest BCUT2D eigenvalue weighted by atomic mass is 79.9. The SMILES string of the molecule is COc1ccc(NC(=O)N2CC(C)C(C(=O)O)C2)cc1Br. The Hall–Kier alpha value is -1.76. The van der Waals surface area contributed by atoms with E-state index in [-0.39, 0.29) is 18.5 Å². The first-order valence-electron chi connectivity index (χ1n) is 6.54. The summed E-state index contributed by atoms with van der Waals surface area (Å²) in [6, 6.07) is 4.93. The number of urea groups is 1. The summed E-state index contributed by atoms with van der Waals surface area (Å²) in [6.45, 7) is 2.52. The van der Waals surface area contributed by atoms with Gasteiger partial charge in [0.05, 0.1) is 17.5 Å². The van der Waals surface area contributed by atoms with Crippen LogP contribution < -0.4 is 10.1 Å². The summed E-state index contributed by atoms with van der Waals surface area (Å²) in [4.78, 5) is 24.8. The summed E-state index contributed by atoms with van der Waals surface area (Å²) in [5, 5.41) is 11.9. The molecule has 7 heteroatoms. The number of methoxy groups -OCH3 is 1. The lowest BCUT2D eigenvalue weighted by Gasteiger charge is -2.17. The number of hydrogen-bond acceptors (Lipinski definition) is 3. The molecule has 1 heterocycles. The second kappa shape index (κ2) is 6.34. The average molecular weight is 357 g/mol. The van der Waals surface area contributed by atoms with E-state index in [1.165, 1.54) is 4.90 Å². The van der Waals surface area contributed by atoms with E-state index in [9.17, 15) is 9.59 Å². The maximum atomic E-state index is 12.2. The van der Waals surface area contributed by atoms with Gasteiger partial charge in [-0.3, -0.25) is 4.79 Å². The van der Waals surface area contributed by atoms with E-state index < -0.39 is 11.9 Å². The van der Waals surface area contributed by atoms with Crippen LogP contribution in [-0.4, -0.2) is 42.2 Å². The predicted molar refractivity (Wildman–Crippen MR) is 81.6 cm³/mol. The maximum absolute atomic E-state index is 12.2. The number of amides is 2. The Bertz CT molecular complexity index is 564. The fraction of sp³-hybridized carbons (Fsp3) is 0.429. The van der Waals surface area contributed by atoms with Crippen molar-refractivity contribution in [2.75, 3.05) is 25.5 Å². The van der Waals surface area contributed by atoms with E-state index >= 15 is 0 Å². The maximum Gasteiger partial charge on any atom is 0.321 e. The van der Waals surface area contributed by atoms with Gasteiger partial charge in [0.2, 0.25) is 0 Å². The normalized spacial score (nSPS) is 21.2. The van der Waals surface area contributed by atoms with Crippen molar-refractivity contribution in [2.24, 2.45) is 11.8 Å². The Morgan fingerprint density at radius 2 is 2.14 bits per heavy atom. The summed E-state index contributed by atoms with van der Waals surface area (Å²) in [5.41, 5.74) is 0.624. The topological polar surface area (TPSA) is 78.9 Å². The summed E-state index contributed by atoms with van der Waals surface area (Å²) in [7, 11) is 1.57. The zero-order chi connectivity index (χ0) is 15.6. The number of carbonyl (C=O) groups is 2. The Morgan fingerprint density at radius 1 is 1.43 bits per heavy atom. The third-order valence-corrected chi connectivity index (χ3v) is 4.24. The number of hydrogen-bond donors (Lipinski definition) is 2. The molecular formula is C14H17BrN2O4. The van der Waals surface area contributed by atoms with Gasteiger partial charge in [0.15, 0.2) is 0 Å². The lowest BCUT2D eigenvalue weighted by atomic mass is 9.99. The lowest BCUT2D eigenvalue weighted by molar-refractivity contribution is -0.142. The van der Waals surface area contributed by atoms with Gasteiger partial charge in [0.1, 0.15) is 5.75 Å². The van der Waals surface area contributed by atoms with Crippen LogP contribution in [0.25, 0.3) is 0 Å². The Morgan fingerprint density at radius 3 is 2.67 bits per heavy atom. The summed E-state index contributed by atoms with van der Waals surface area (Å²) < 4.78 is 5.86. The minimum absolute atomic E-state index is 0.0455. The molecule has 0 radical (unpaired) electrons. The van der Waals surface area contributed by atoms with Crippen LogP contribution in [0.1, 0.15) is 6.92 Å². The van der Waals surface area contributed by atoms with Gasteiger partial charge in [-0.2, -0.15) is 0 Å². The number of likely N-dealkylation sites (tertiary alicyclic amines) is 1.